The van der Waals surface area contributed by atoms with Gasteiger partial charge in [0.05, 0.1) is 17.0 Å². The Hall–Kier alpha value is -2.74. The summed E-state index contributed by atoms with van der Waals surface area (Å²) < 4.78 is 13.8. The van der Waals surface area contributed by atoms with Gasteiger partial charge in [-0.1, -0.05) is 36.0 Å². The smallest absolute Gasteiger partial charge is 0.269 e. The van der Waals surface area contributed by atoms with Crippen LogP contribution in [0.5, 0.6) is 0 Å². The Bertz CT molecular complexity index is 857. The number of carbonyl (C=O) groups excluding carboxylic acids is 1. The number of nitro benzene ring substituents is 1. The predicted molar refractivity (Wildman–Crippen MR) is 94.1 cm³/mol. The van der Waals surface area contributed by atoms with Gasteiger partial charge in [-0.25, -0.2) is 4.39 Å². The molecule has 0 fully saturated rings. The molecule has 2 aromatic carbocycles. The van der Waals surface area contributed by atoms with Crippen LogP contribution < -0.4 is 0 Å². The van der Waals surface area contributed by atoms with Crippen LogP contribution in [0, 0.1) is 15.9 Å². The van der Waals surface area contributed by atoms with Gasteiger partial charge in [0.2, 0.25) is 0 Å². The molecular weight excluding hydrogens is 345 g/mol. The maximum atomic E-state index is 13.8. The monoisotopic (exact) mass is 359 g/mol. The van der Waals surface area contributed by atoms with Crippen molar-refractivity contribution in [3.05, 3.63) is 75.6 Å². The van der Waals surface area contributed by atoms with E-state index in [1.54, 1.807) is 18.2 Å². The van der Waals surface area contributed by atoms with E-state index in [0.29, 0.717) is 24.0 Å². The fourth-order valence-electron chi connectivity index (χ4n) is 2.43. The Morgan fingerprint density at radius 3 is 2.84 bits per heavy atom. The molecule has 0 atom stereocenters. The number of non-ortho nitro benzene ring substituents is 1. The van der Waals surface area contributed by atoms with Gasteiger partial charge >= 0.3 is 0 Å². The number of rotatable bonds is 4. The number of thioether (sulfide) groups is 1. The highest BCUT2D eigenvalue weighted by atomic mass is 32.2. The Morgan fingerprint density at radius 1 is 1.28 bits per heavy atom. The highest BCUT2D eigenvalue weighted by Gasteiger charge is 2.26. The topological polar surface area (TPSA) is 75.8 Å². The van der Waals surface area contributed by atoms with Crippen molar-refractivity contribution < 1.29 is 14.1 Å². The first-order valence-corrected chi connectivity index (χ1v) is 8.52. The van der Waals surface area contributed by atoms with E-state index in [-0.39, 0.29) is 11.3 Å². The summed E-state index contributed by atoms with van der Waals surface area (Å²) in [5.41, 5.74) is 0.783. The molecule has 0 unspecified atom stereocenters. The molecule has 1 heterocycles. The van der Waals surface area contributed by atoms with Crippen LogP contribution in [0.4, 0.5) is 10.1 Å². The number of benzene rings is 2. The van der Waals surface area contributed by atoms with E-state index in [9.17, 15) is 19.3 Å². The van der Waals surface area contributed by atoms with Gasteiger partial charge in [0.25, 0.3) is 11.6 Å². The molecule has 1 amide bonds. The van der Waals surface area contributed by atoms with Crippen molar-refractivity contribution in [3.63, 3.8) is 0 Å². The number of halogens is 1. The highest BCUT2D eigenvalue weighted by molar-refractivity contribution is 8.13. The van der Waals surface area contributed by atoms with Crippen molar-refractivity contribution in [2.75, 3.05) is 13.1 Å². The second-order valence-corrected chi connectivity index (χ2v) is 6.26. The number of nitro groups is 1. The lowest BCUT2D eigenvalue weighted by Crippen LogP contribution is -2.33. The van der Waals surface area contributed by atoms with E-state index < -0.39 is 16.6 Å². The largest absolute Gasteiger partial charge is 0.285 e. The van der Waals surface area contributed by atoms with Crippen molar-refractivity contribution in [1.29, 1.82) is 0 Å². The fraction of sp³-hybridized carbons (Fsp3) is 0.176. The van der Waals surface area contributed by atoms with Gasteiger partial charge in [-0.15, -0.1) is 0 Å². The van der Waals surface area contributed by atoms with Crippen LogP contribution in [0.1, 0.15) is 15.9 Å². The summed E-state index contributed by atoms with van der Waals surface area (Å²) in [6.45, 7) is 0.849. The van der Waals surface area contributed by atoms with Gasteiger partial charge in [-0.3, -0.25) is 24.8 Å². The Kier molecular flexibility index (Phi) is 5.08. The lowest BCUT2D eigenvalue weighted by atomic mass is 10.2. The maximum absolute atomic E-state index is 13.8. The first kappa shape index (κ1) is 17.1. The van der Waals surface area contributed by atoms with E-state index in [1.807, 2.05) is 0 Å². The number of hydrogen-bond acceptors (Lipinski definition) is 5. The van der Waals surface area contributed by atoms with Gasteiger partial charge in [0.15, 0.2) is 5.17 Å². The zero-order valence-electron chi connectivity index (χ0n) is 13.1. The van der Waals surface area contributed by atoms with Gasteiger partial charge in [-0.05, 0) is 17.7 Å². The number of amidine groups is 1. The molecule has 0 aliphatic carbocycles. The third kappa shape index (κ3) is 3.85. The molecule has 0 spiro atoms. The van der Waals surface area contributed by atoms with Crippen LogP contribution in [-0.2, 0) is 5.75 Å². The van der Waals surface area contributed by atoms with E-state index in [2.05, 4.69) is 4.99 Å². The van der Waals surface area contributed by atoms with Gasteiger partial charge < -0.3 is 0 Å². The molecule has 25 heavy (non-hydrogen) atoms. The minimum atomic E-state index is -0.567. The molecule has 0 aromatic heterocycles. The summed E-state index contributed by atoms with van der Waals surface area (Å²) in [7, 11) is 0. The molecule has 0 radical (unpaired) electrons. The van der Waals surface area contributed by atoms with Crippen molar-refractivity contribution >= 4 is 28.5 Å². The van der Waals surface area contributed by atoms with Crippen molar-refractivity contribution in [1.82, 2.24) is 4.90 Å². The van der Waals surface area contributed by atoms with E-state index >= 15 is 0 Å². The highest BCUT2D eigenvalue weighted by Crippen LogP contribution is 2.23. The molecule has 0 bridgehead atoms. The second-order valence-electron chi connectivity index (χ2n) is 5.32. The first-order chi connectivity index (χ1) is 12.1. The van der Waals surface area contributed by atoms with E-state index in [0.717, 1.165) is 5.56 Å². The number of carbonyl (C=O) groups is 1. The molecule has 0 N–H and O–H groups in total. The van der Waals surface area contributed by atoms with Crippen LogP contribution in [0.2, 0.25) is 0 Å². The average Bonchev–Trinajstić information content (AvgIpc) is 3.08. The van der Waals surface area contributed by atoms with E-state index in [1.165, 1.54) is 47.0 Å². The molecule has 128 valence electrons. The minimum Gasteiger partial charge on any atom is -0.285 e. The molecule has 1 aliphatic heterocycles. The summed E-state index contributed by atoms with van der Waals surface area (Å²) in [6.07, 6.45) is 0. The van der Waals surface area contributed by atoms with Crippen LogP contribution in [0.25, 0.3) is 0 Å². The quantitative estimate of drug-likeness (QED) is 0.619. The van der Waals surface area contributed by atoms with Crippen molar-refractivity contribution in [3.8, 4) is 0 Å². The standard InChI is InChI=1S/C17H14FN3O3S/c18-15-7-2-1-6-14(15)16(22)20-9-8-19-17(20)25-11-12-4-3-5-13(10-12)21(23)24/h1-7,10H,8-9,11H2. The Morgan fingerprint density at radius 2 is 2.08 bits per heavy atom. The summed E-state index contributed by atoms with van der Waals surface area (Å²) in [5.74, 6) is -0.565. The molecule has 6 nitrogen and oxygen atoms in total. The number of amides is 1. The molecule has 0 saturated carbocycles. The third-order valence-corrected chi connectivity index (χ3v) is 4.73. The van der Waals surface area contributed by atoms with Gasteiger partial charge in [-0.2, -0.15) is 0 Å². The zero-order chi connectivity index (χ0) is 17.8. The molecule has 2 aromatic rings. The number of aliphatic imine (C=N–C) groups is 1. The maximum Gasteiger partial charge on any atom is 0.269 e. The van der Waals surface area contributed by atoms with E-state index in [4.69, 9.17) is 0 Å². The van der Waals surface area contributed by atoms with Gasteiger partial charge in [0.1, 0.15) is 5.82 Å². The van der Waals surface area contributed by atoms with Gasteiger partial charge in [0, 0.05) is 24.4 Å². The number of nitrogens with zero attached hydrogens (tertiary/aromatic N) is 3. The van der Waals surface area contributed by atoms with Crippen LogP contribution >= 0.6 is 11.8 Å². The molecule has 0 saturated heterocycles. The molecule has 1 aliphatic rings. The zero-order valence-corrected chi connectivity index (χ0v) is 13.9. The second kappa shape index (κ2) is 7.43. The number of hydrogen-bond donors (Lipinski definition) is 0. The van der Waals surface area contributed by atoms with Crippen LogP contribution in [-0.4, -0.2) is 34.0 Å². The predicted octanol–water partition coefficient (Wildman–Crippen LogP) is 3.48. The van der Waals surface area contributed by atoms with Crippen LogP contribution in [0.3, 0.4) is 0 Å². The van der Waals surface area contributed by atoms with Crippen LogP contribution in [0.15, 0.2) is 53.5 Å². The summed E-state index contributed by atoms with van der Waals surface area (Å²) in [5, 5.41) is 11.3. The molecule has 8 heteroatoms. The Balaban J connectivity index is 1.70. The lowest BCUT2D eigenvalue weighted by Gasteiger charge is -2.18. The molecular formula is C17H14FN3O3S. The normalized spacial score (nSPS) is 13.6. The van der Waals surface area contributed by atoms with Crippen molar-refractivity contribution in [2.24, 2.45) is 4.99 Å². The average molecular weight is 359 g/mol. The SMILES string of the molecule is O=C(c1ccccc1F)N1CCN=C1SCc1cccc([N+](=O)[O-])c1. The third-order valence-electron chi connectivity index (χ3n) is 3.64. The summed E-state index contributed by atoms with van der Waals surface area (Å²) in [6, 6.07) is 12.1. The summed E-state index contributed by atoms with van der Waals surface area (Å²) in [4.78, 5) is 28.7. The lowest BCUT2D eigenvalue weighted by molar-refractivity contribution is -0.384. The summed E-state index contributed by atoms with van der Waals surface area (Å²) >= 11 is 1.30. The molecule has 3 rings (SSSR count). The Labute approximate surface area is 147 Å². The van der Waals surface area contributed by atoms with Crippen molar-refractivity contribution in [2.45, 2.75) is 5.75 Å². The fourth-order valence-corrected chi connectivity index (χ4v) is 3.41. The minimum absolute atomic E-state index is 0.00745. The first-order valence-electron chi connectivity index (χ1n) is 7.53.